The topological polar surface area (TPSA) is 51.2 Å². The molecule has 0 saturated carbocycles. The van der Waals surface area contributed by atoms with Gasteiger partial charge in [-0.3, -0.25) is 0 Å². The maximum Gasteiger partial charge on any atom is 0.122 e. The number of phenols is 1. The maximum absolute atomic E-state index is 10.8. The average Bonchev–Trinajstić information content (AvgIpc) is 3.38. The van der Waals surface area contributed by atoms with Crippen LogP contribution in [0.1, 0.15) is 33.4 Å². The Hall–Kier alpha value is -3.21. The van der Waals surface area contributed by atoms with Crippen molar-refractivity contribution in [2.24, 2.45) is 5.73 Å². The number of aromatic hydroxyl groups is 1. The van der Waals surface area contributed by atoms with Crippen LogP contribution in [-0.4, -0.2) is 9.67 Å². The second kappa shape index (κ2) is 7.14. The van der Waals surface area contributed by atoms with Gasteiger partial charge in [-0.2, -0.15) is 0 Å². The van der Waals surface area contributed by atoms with Crippen molar-refractivity contribution in [2.45, 2.75) is 38.6 Å². The fourth-order valence-corrected chi connectivity index (χ4v) is 6.13. The highest BCUT2D eigenvalue weighted by atomic mass is 32.1. The minimum absolute atomic E-state index is 0.364. The summed E-state index contributed by atoms with van der Waals surface area (Å²) in [6.07, 6.45) is 0.768. The summed E-state index contributed by atoms with van der Waals surface area (Å²) in [5, 5.41) is 13.3. The molecule has 33 heavy (non-hydrogen) atoms. The van der Waals surface area contributed by atoms with E-state index < -0.39 is 0 Å². The van der Waals surface area contributed by atoms with Gasteiger partial charge in [-0.05, 0) is 83.5 Å². The quantitative estimate of drug-likeness (QED) is 0.256. The molecule has 3 N–H and O–H groups in total. The number of aromatic nitrogens is 1. The molecule has 5 aromatic rings. The molecule has 0 radical (unpaired) electrons. The van der Waals surface area contributed by atoms with Crippen molar-refractivity contribution in [3.63, 3.8) is 0 Å². The number of fused-ring (bicyclic) bond motifs is 6. The van der Waals surface area contributed by atoms with Crippen molar-refractivity contribution in [1.82, 2.24) is 4.57 Å². The van der Waals surface area contributed by atoms with Crippen molar-refractivity contribution >= 4 is 34.4 Å². The lowest BCUT2D eigenvalue weighted by Gasteiger charge is -2.20. The first-order chi connectivity index (χ1) is 15.9. The Morgan fingerprint density at radius 1 is 0.848 bits per heavy atom. The van der Waals surface area contributed by atoms with Crippen LogP contribution in [-0.2, 0) is 13.0 Å². The van der Waals surface area contributed by atoms with Gasteiger partial charge in [0.2, 0.25) is 0 Å². The van der Waals surface area contributed by atoms with Crippen LogP contribution in [0.25, 0.3) is 38.6 Å². The molecule has 1 heterocycles. The van der Waals surface area contributed by atoms with E-state index in [1.165, 1.54) is 49.6 Å². The smallest absolute Gasteiger partial charge is 0.122 e. The third kappa shape index (κ3) is 2.62. The lowest BCUT2D eigenvalue weighted by molar-refractivity contribution is 0.465. The zero-order valence-corrected chi connectivity index (χ0v) is 19.9. The zero-order chi connectivity index (χ0) is 23.0. The van der Waals surface area contributed by atoms with E-state index in [2.05, 4.69) is 66.1 Å². The second-order valence-electron chi connectivity index (χ2n) is 9.07. The standard InChI is InChI=1S/C29H26N2OS/c1-15-20-12-21-26(33)13-25(17(3)27(21)28(20)22(14-30)16(2)29(15)32)31-23-10-6-4-8-18(23)19-9-5-7-11-24(19)31/h4-11,13,32-33H,12,14,30H2,1-3H3. The Bertz CT molecular complexity index is 1570. The maximum atomic E-state index is 10.8. The average molecular weight is 451 g/mol. The van der Waals surface area contributed by atoms with Crippen molar-refractivity contribution in [1.29, 1.82) is 0 Å². The first-order valence-corrected chi connectivity index (χ1v) is 11.8. The summed E-state index contributed by atoms with van der Waals surface area (Å²) in [6, 6.07) is 19.3. The molecule has 1 aliphatic carbocycles. The monoisotopic (exact) mass is 450 g/mol. The van der Waals surface area contributed by atoms with Gasteiger partial charge in [-0.25, -0.2) is 0 Å². The number of thiol groups is 1. The van der Waals surface area contributed by atoms with Gasteiger partial charge in [0, 0.05) is 28.6 Å². The highest BCUT2D eigenvalue weighted by Gasteiger charge is 2.31. The first-order valence-electron chi connectivity index (χ1n) is 11.3. The number of nitrogens with two attached hydrogens (primary N) is 1. The van der Waals surface area contributed by atoms with E-state index in [9.17, 15) is 5.11 Å². The van der Waals surface area contributed by atoms with Gasteiger partial charge >= 0.3 is 0 Å². The number of hydrogen-bond donors (Lipinski definition) is 3. The van der Waals surface area contributed by atoms with Crippen LogP contribution in [0.2, 0.25) is 0 Å². The van der Waals surface area contributed by atoms with Crippen LogP contribution < -0.4 is 5.73 Å². The normalized spacial score (nSPS) is 12.5. The molecule has 0 unspecified atom stereocenters. The summed E-state index contributed by atoms with van der Waals surface area (Å²) in [7, 11) is 0. The molecule has 0 bridgehead atoms. The van der Waals surface area contributed by atoms with Crippen molar-refractivity contribution in [3.8, 4) is 22.6 Å². The lowest BCUT2D eigenvalue weighted by atomic mass is 9.89. The largest absolute Gasteiger partial charge is 0.507 e. The van der Waals surface area contributed by atoms with Gasteiger partial charge in [0.05, 0.1) is 16.7 Å². The van der Waals surface area contributed by atoms with E-state index in [4.69, 9.17) is 18.4 Å². The zero-order valence-electron chi connectivity index (χ0n) is 19.0. The summed E-state index contributed by atoms with van der Waals surface area (Å²) in [6.45, 7) is 6.57. The van der Waals surface area contributed by atoms with Gasteiger partial charge in [0.1, 0.15) is 5.75 Å². The van der Waals surface area contributed by atoms with Crippen LogP contribution in [0, 0.1) is 20.8 Å². The van der Waals surface area contributed by atoms with Gasteiger partial charge in [-0.15, -0.1) is 12.6 Å². The van der Waals surface area contributed by atoms with Gasteiger partial charge < -0.3 is 15.4 Å². The van der Waals surface area contributed by atoms with E-state index in [-0.39, 0.29) is 0 Å². The van der Waals surface area contributed by atoms with Gasteiger partial charge in [-0.1, -0.05) is 36.4 Å². The Morgan fingerprint density at radius 2 is 1.45 bits per heavy atom. The van der Waals surface area contributed by atoms with Gasteiger partial charge in [0.15, 0.2) is 0 Å². The fourth-order valence-electron chi connectivity index (χ4n) is 5.82. The molecule has 0 aliphatic heterocycles. The van der Waals surface area contributed by atoms with Crippen LogP contribution in [0.4, 0.5) is 0 Å². The SMILES string of the molecule is Cc1c(O)c(C)c2c(c1CN)-c1c(C)c(-n3c4ccccc4c4ccccc43)cc(S)c1C2. The first kappa shape index (κ1) is 20.4. The Balaban J connectivity index is 1.75. The fraction of sp³-hybridized carbons (Fsp3) is 0.172. The van der Waals surface area contributed by atoms with Crippen LogP contribution >= 0.6 is 12.6 Å². The third-order valence-corrected chi connectivity index (χ3v) is 7.89. The number of rotatable bonds is 2. The minimum Gasteiger partial charge on any atom is -0.507 e. The number of nitrogens with zero attached hydrogens (tertiary/aromatic N) is 1. The molecule has 4 heteroatoms. The number of para-hydroxylation sites is 2. The highest BCUT2D eigenvalue weighted by Crippen LogP contribution is 2.50. The minimum atomic E-state index is 0.364. The second-order valence-corrected chi connectivity index (χ2v) is 9.56. The Kier molecular flexibility index (Phi) is 4.42. The summed E-state index contributed by atoms with van der Waals surface area (Å²) < 4.78 is 2.36. The van der Waals surface area contributed by atoms with Crippen molar-refractivity contribution < 1.29 is 5.11 Å². The molecule has 6 rings (SSSR count). The molecule has 1 aromatic heterocycles. The molecule has 0 spiro atoms. The summed E-state index contributed by atoms with van der Waals surface area (Å²) in [5.74, 6) is 0.364. The number of hydrogen-bond acceptors (Lipinski definition) is 3. The lowest BCUT2D eigenvalue weighted by Crippen LogP contribution is -2.06. The molecular weight excluding hydrogens is 424 g/mol. The summed E-state index contributed by atoms with van der Waals surface area (Å²) in [5.41, 5.74) is 18.6. The van der Waals surface area contributed by atoms with Crippen LogP contribution in [0.5, 0.6) is 5.75 Å². The molecule has 4 aromatic carbocycles. The Labute approximate surface area is 198 Å². The number of benzene rings is 4. The predicted octanol–water partition coefficient (Wildman–Crippen LogP) is 6.73. The highest BCUT2D eigenvalue weighted by molar-refractivity contribution is 7.80. The predicted molar refractivity (Wildman–Crippen MR) is 140 cm³/mol. The summed E-state index contributed by atoms with van der Waals surface area (Å²) >= 11 is 4.97. The van der Waals surface area contributed by atoms with Crippen molar-refractivity contribution in [3.05, 3.63) is 88.0 Å². The van der Waals surface area contributed by atoms with E-state index in [1.54, 1.807) is 0 Å². The van der Waals surface area contributed by atoms with Gasteiger partial charge in [0.25, 0.3) is 0 Å². The molecule has 1 aliphatic rings. The van der Waals surface area contributed by atoms with E-state index in [0.717, 1.165) is 33.7 Å². The molecule has 0 saturated heterocycles. The van der Waals surface area contributed by atoms with Crippen molar-refractivity contribution in [2.75, 3.05) is 0 Å². The third-order valence-electron chi connectivity index (χ3n) is 7.49. The molecule has 0 atom stereocenters. The number of phenolic OH excluding ortho intramolecular Hbond substituents is 1. The van der Waals surface area contributed by atoms with Crippen LogP contribution in [0.15, 0.2) is 59.5 Å². The van der Waals surface area contributed by atoms with E-state index in [0.29, 0.717) is 12.3 Å². The molecule has 0 fully saturated rings. The molecular formula is C29H26N2OS. The molecule has 0 amide bonds. The molecule has 164 valence electrons. The Morgan fingerprint density at radius 3 is 2.06 bits per heavy atom. The summed E-state index contributed by atoms with van der Waals surface area (Å²) in [4.78, 5) is 0.975. The van der Waals surface area contributed by atoms with E-state index >= 15 is 0 Å². The van der Waals surface area contributed by atoms with E-state index in [1.807, 2.05) is 13.8 Å². The van der Waals surface area contributed by atoms with Crippen LogP contribution in [0.3, 0.4) is 0 Å². The molecule has 3 nitrogen and oxygen atoms in total.